The fraction of sp³-hybridized carbons (Fsp3) is 0.143. The van der Waals surface area contributed by atoms with Crippen LogP contribution in [0.5, 0.6) is 0 Å². The minimum absolute atomic E-state index is 0.0456. The summed E-state index contributed by atoms with van der Waals surface area (Å²) in [5.74, 6) is -0.473. The quantitative estimate of drug-likeness (QED) is 0.939. The normalized spacial score (nSPS) is 11.3. The van der Waals surface area contributed by atoms with Crippen LogP contribution in [-0.4, -0.2) is 15.5 Å². The SMILES string of the molecule is CN(c1ccc(CN)cc1)S(=O)(=O)c1ccc(F)cc1. The Hall–Kier alpha value is -1.92. The van der Waals surface area contributed by atoms with Gasteiger partial charge in [0.25, 0.3) is 10.0 Å². The Morgan fingerprint density at radius 3 is 2.10 bits per heavy atom. The first-order valence-electron chi connectivity index (χ1n) is 5.98. The van der Waals surface area contributed by atoms with Crippen molar-refractivity contribution >= 4 is 15.7 Å². The third kappa shape index (κ3) is 2.81. The Kier molecular flexibility index (Phi) is 4.06. The summed E-state index contributed by atoms with van der Waals surface area (Å²) in [6.07, 6.45) is 0. The summed E-state index contributed by atoms with van der Waals surface area (Å²) in [4.78, 5) is 0.0456. The zero-order chi connectivity index (χ0) is 14.8. The number of benzene rings is 2. The van der Waals surface area contributed by atoms with Crippen molar-refractivity contribution in [3.05, 3.63) is 59.9 Å². The van der Waals surface area contributed by atoms with Crippen LogP contribution in [-0.2, 0) is 16.6 Å². The molecule has 0 unspecified atom stereocenters. The summed E-state index contributed by atoms with van der Waals surface area (Å²) in [6, 6.07) is 11.6. The van der Waals surface area contributed by atoms with Crippen molar-refractivity contribution in [2.45, 2.75) is 11.4 Å². The fourth-order valence-corrected chi connectivity index (χ4v) is 2.94. The van der Waals surface area contributed by atoms with Gasteiger partial charge in [-0.2, -0.15) is 0 Å². The Morgan fingerprint density at radius 2 is 1.60 bits per heavy atom. The molecule has 2 aromatic carbocycles. The molecule has 0 aromatic heterocycles. The summed E-state index contributed by atoms with van der Waals surface area (Å²) < 4.78 is 38.8. The van der Waals surface area contributed by atoms with Crippen LogP contribution in [0.2, 0.25) is 0 Å². The lowest BCUT2D eigenvalue weighted by Crippen LogP contribution is -2.26. The third-order valence-electron chi connectivity index (χ3n) is 3.01. The highest BCUT2D eigenvalue weighted by atomic mass is 32.2. The van der Waals surface area contributed by atoms with E-state index in [1.807, 2.05) is 0 Å². The van der Waals surface area contributed by atoms with Crippen molar-refractivity contribution in [3.63, 3.8) is 0 Å². The highest BCUT2D eigenvalue weighted by Crippen LogP contribution is 2.22. The van der Waals surface area contributed by atoms with Gasteiger partial charge in [0.1, 0.15) is 5.82 Å². The molecular weight excluding hydrogens is 279 g/mol. The Labute approximate surface area is 117 Å². The molecule has 0 saturated carbocycles. The van der Waals surface area contributed by atoms with Gasteiger partial charge in [-0.05, 0) is 42.0 Å². The molecule has 0 atom stereocenters. The summed E-state index contributed by atoms with van der Waals surface area (Å²) >= 11 is 0. The second-order valence-electron chi connectivity index (χ2n) is 4.30. The number of rotatable bonds is 4. The van der Waals surface area contributed by atoms with Crippen molar-refractivity contribution in [1.29, 1.82) is 0 Å². The average molecular weight is 294 g/mol. The lowest BCUT2D eigenvalue weighted by molar-refractivity contribution is 0.593. The van der Waals surface area contributed by atoms with Crippen molar-refractivity contribution in [3.8, 4) is 0 Å². The first kappa shape index (κ1) is 14.5. The van der Waals surface area contributed by atoms with Gasteiger partial charge in [-0.25, -0.2) is 12.8 Å². The van der Waals surface area contributed by atoms with E-state index in [2.05, 4.69) is 0 Å². The van der Waals surface area contributed by atoms with Gasteiger partial charge in [0.2, 0.25) is 0 Å². The van der Waals surface area contributed by atoms with E-state index in [1.165, 1.54) is 19.2 Å². The van der Waals surface area contributed by atoms with E-state index in [0.29, 0.717) is 12.2 Å². The minimum Gasteiger partial charge on any atom is -0.326 e. The topological polar surface area (TPSA) is 63.4 Å². The van der Waals surface area contributed by atoms with Gasteiger partial charge >= 0.3 is 0 Å². The highest BCUT2D eigenvalue weighted by Gasteiger charge is 2.21. The Bertz CT molecular complexity index is 682. The zero-order valence-electron chi connectivity index (χ0n) is 11.0. The van der Waals surface area contributed by atoms with E-state index in [1.54, 1.807) is 24.3 Å². The second kappa shape index (κ2) is 5.60. The number of anilines is 1. The predicted molar refractivity (Wildman–Crippen MR) is 76.3 cm³/mol. The predicted octanol–water partition coefficient (Wildman–Crippen LogP) is 2.11. The van der Waals surface area contributed by atoms with E-state index < -0.39 is 15.8 Å². The summed E-state index contributed by atoms with van der Waals surface area (Å²) in [5, 5.41) is 0. The van der Waals surface area contributed by atoms with Crippen molar-refractivity contribution in [2.75, 3.05) is 11.4 Å². The van der Waals surface area contributed by atoms with Gasteiger partial charge in [0, 0.05) is 13.6 Å². The zero-order valence-corrected chi connectivity index (χ0v) is 11.8. The van der Waals surface area contributed by atoms with Gasteiger partial charge in [-0.3, -0.25) is 4.31 Å². The molecule has 0 radical (unpaired) electrons. The number of nitrogens with zero attached hydrogens (tertiary/aromatic N) is 1. The molecule has 0 saturated heterocycles. The number of hydrogen-bond acceptors (Lipinski definition) is 3. The molecule has 0 amide bonds. The maximum absolute atomic E-state index is 12.9. The van der Waals surface area contributed by atoms with Crippen molar-refractivity contribution < 1.29 is 12.8 Å². The number of halogens is 1. The maximum Gasteiger partial charge on any atom is 0.264 e. The monoisotopic (exact) mass is 294 g/mol. The number of hydrogen-bond donors (Lipinski definition) is 1. The molecule has 0 spiro atoms. The molecule has 20 heavy (non-hydrogen) atoms. The molecule has 0 aliphatic heterocycles. The number of nitrogens with two attached hydrogens (primary N) is 1. The molecule has 106 valence electrons. The van der Waals surface area contributed by atoms with E-state index in [-0.39, 0.29) is 4.90 Å². The van der Waals surface area contributed by atoms with Crippen LogP contribution < -0.4 is 10.0 Å². The standard InChI is InChI=1S/C14H15FN2O2S/c1-17(13-6-2-11(10-16)3-7-13)20(18,19)14-8-4-12(15)5-9-14/h2-9H,10,16H2,1H3. The Balaban J connectivity index is 2.35. The first-order chi connectivity index (χ1) is 9.45. The van der Waals surface area contributed by atoms with E-state index >= 15 is 0 Å². The molecule has 0 bridgehead atoms. The molecule has 0 fully saturated rings. The number of sulfonamides is 1. The van der Waals surface area contributed by atoms with Crippen LogP contribution in [0.3, 0.4) is 0 Å². The molecule has 0 aliphatic rings. The smallest absolute Gasteiger partial charge is 0.264 e. The average Bonchev–Trinajstić information content (AvgIpc) is 2.47. The molecule has 2 N–H and O–H groups in total. The molecule has 4 nitrogen and oxygen atoms in total. The molecule has 0 heterocycles. The van der Waals surface area contributed by atoms with Crippen molar-refractivity contribution in [2.24, 2.45) is 5.73 Å². The molecular formula is C14H15FN2O2S. The lowest BCUT2D eigenvalue weighted by Gasteiger charge is -2.19. The van der Waals surface area contributed by atoms with Crippen LogP contribution in [0, 0.1) is 5.82 Å². The van der Waals surface area contributed by atoms with E-state index in [0.717, 1.165) is 22.0 Å². The minimum atomic E-state index is -3.69. The van der Waals surface area contributed by atoms with Crippen molar-refractivity contribution in [1.82, 2.24) is 0 Å². The molecule has 2 rings (SSSR count). The molecule has 0 aliphatic carbocycles. The van der Waals surface area contributed by atoms with Crippen LogP contribution in [0.4, 0.5) is 10.1 Å². The van der Waals surface area contributed by atoms with Crippen LogP contribution in [0.1, 0.15) is 5.56 Å². The second-order valence-corrected chi connectivity index (χ2v) is 6.27. The third-order valence-corrected chi connectivity index (χ3v) is 4.81. The summed E-state index contributed by atoms with van der Waals surface area (Å²) in [6.45, 7) is 0.398. The van der Waals surface area contributed by atoms with E-state index in [9.17, 15) is 12.8 Å². The van der Waals surface area contributed by atoms with Crippen LogP contribution >= 0.6 is 0 Å². The largest absolute Gasteiger partial charge is 0.326 e. The summed E-state index contributed by atoms with van der Waals surface area (Å²) in [5.41, 5.74) is 6.94. The van der Waals surface area contributed by atoms with Crippen LogP contribution in [0.15, 0.2) is 53.4 Å². The highest BCUT2D eigenvalue weighted by molar-refractivity contribution is 7.92. The maximum atomic E-state index is 12.9. The van der Waals surface area contributed by atoms with Gasteiger partial charge in [0.15, 0.2) is 0 Å². The van der Waals surface area contributed by atoms with Crippen LogP contribution in [0.25, 0.3) is 0 Å². The van der Waals surface area contributed by atoms with Gasteiger partial charge < -0.3 is 5.73 Å². The van der Waals surface area contributed by atoms with Gasteiger partial charge in [-0.15, -0.1) is 0 Å². The summed E-state index contributed by atoms with van der Waals surface area (Å²) in [7, 11) is -2.24. The molecule has 6 heteroatoms. The first-order valence-corrected chi connectivity index (χ1v) is 7.42. The fourth-order valence-electron chi connectivity index (χ4n) is 1.75. The van der Waals surface area contributed by atoms with E-state index in [4.69, 9.17) is 5.73 Å². The lowest BCUT2D eigenvalue weighted by atomic mass is 10.2. The van der Waals surface area contributed by atoms with Gasteiger partial charge in [-0.1, -0.05) is 12.1 Å². The molecule has 2 aromatic rings. The van der Waals surface area contributed by atoms with Gasteiger partial charge in [0.05, 0.1) is 10.6 Å². The Morgan fingerprint density at radius 1 is 1.05 bits per heavy atom.